The summed E-state index contributed by atoms with van der Waals surface area (Å²) in [6, 6.07) is 4.38. The van der Waals surface area contributed by atoms with Crippen LogP contribution >= 0.6 is 0 Å². The second-order valence-electron chi connectivity index (χ2n) is 7.48. The number of carbonyl (C=O) groups excluding carboxylic acids is 1. The van der Waals surface area contributed by atoms with Crippen LogP contribution in [0.2, 0.25) is 0 Å². The highest BCUT2D eigenvalue weighted by atomic mass is 19.4. The molecule has 0 saturated heterocycles. The SMILES string of the molecule is CN(C(=O)Oc1c(/C(C=Nc2cnc(N)cn2)=C/N)cc(C(F)(F)F)cc1C(F)(F)F)c1ccc(F)cc1. The first-order valence-electron chi connectivity index (χ1n) is 10.3. The van der Waals surface area contributed by atoms with Crippen molar-refractivity contribution in [2.45, 2.75) is 12.4 Å². The van der Waals surface area contributed by atoms with Crippen molar-refractivity contribution in [2.24, 2.45) is 10.7 Å². The molecular weight excluding hydrogens is 525 g/mol. The second kappa shape index (κ2) is 10.7. The van der Waals surface area contributed by atoms with E-state index in [1.807, 2.05) is 0 Å². The van der Waals surface area contributed by atoms with E-state index in [2.05, 4.69) is 15.0 Å². The van der Waals surface area contributed by atoms with E-state index in [4.69, 9.17) is 16.2 Å². The van der Waals surface area contributed by atoms with Crippen LogP contribution < -0.4 is 21.1 Å². The monoisotopic (exact) mass is 542 g/mol. The van der Waals surface area contributed by atoms with Gasteiger partial charge in [-0.2, -0.15) is 26.3 Å². The summed E-state index contributed by atoms with van der Waals surface area (Å²) in [6.07, 6.45) is -8.32. The van der Waals surface area contributed by atoms with Crippen LogP contribution in [0.3, 0.4) is 0 Å². The van der Waals surface area contributed by atoms with Crippen LogP contribution in [0.1, 0.15) is 16.7 Å². The van der Waals surface area contributed by atoms with Gasteiger partial charge in [0.05, 0.1) is 23.5 Å². The van der Waals surface area contributed by atoms with E-state index in [0.29, 0.717) is 12.3 Å². The number of amides is 1. The van der Waals surface area contributed by atoms with Gasteiger partial charge in [-0.25, -0.2) is 24.1 Å². The van der Waals surface area contributed by atoms with Crippen molar-refractivity contribution in [1.29, 1.82) is 0 Å². The highest BCUT2D eigenvalue weighted by Gasteiger charge is 2.41. The molecule has 3 rings (SSSR count). The van der Waals surface area contributed by atoms with Gasteiger partial charge in [-0.3, -0.25) is 4.90 Å². The van der Waals surface area contributed by atoms with Gasteiger partial charge in [0.1, 0.15) is 11.6 Å². The van der Waals surface area contributed by atoms with E-state index < -0.39 is 52.3 Å². The number of benzene rings is 2. The maximum absolute atomic E-state index is 13.9. The Bertz CT molecular complexity index is 1370. The molecule has 3 aromatic rings. The molecule has 1 amide bonds. The van der Waals surface area contributed by atoms with E-state index in [1.165, 1.54) is 0 Å². The van der Waals surface area contributed by atoms with Crippen molar-refractivity contribution < 1.29 is 40.3 Å². The third kappa shape index (κ3) is 6.54. The Labute approximate surface area is 210 Å². The van der Waals surface area contributed by atoms with Gasteiger partial charge in [0.25, 0.3) is 0 Å². The lowest BCUT2D eigenvalue weighted by molar-refractivity contribution is -0.143. The fraction of sp³-hybridized carbons (Fsp3) is 0.130. The number of aliphatic imine (C=N–C) groups is 1. The molecule has 1 heterocycles. The summed E-state index contributed by atoms with van der Waals surface area (Å²) >= 11 is 0. The van der Waals surface area contributed by atoms with Crippen molar-refractivity contribution >= 4 is 35.2 Å². The number of hydrogen-bond donors (Lipinski definition) is 2. The molecule has 8 nitrogen and oxygen atoms in total. The van der Waals surface area contributed by atoms with Crippen LogP contribution in [0.5, 0.6) is 5.75 Å². The van der Waals surface area contributed by atoms with Crippen LogP contribution in [0, 0.1) is 5.82 Å². The van der Waals surface area contributed by atoms with Crippen LogP contribution in [0.25, 0.3) is 5.57 Å². The molecule has 0 atom stereocenters. The van der Waals surface area contributed by atoms with Gasteiger partial charge < -0.3 is 16.2 Å². The second-order valence-corrected chi connectivity index (χ2v) is 7.48. The number of halogens is 7. The quantitative estimate of drug-likeness (QED) is 0.321. The van der Waals surface area contributed by atoms with Crippen molar-refractivity contribution in [2.75, 3.05) is 17.7 Å². The maximum Gasteiger partial charge on any atom is 0.420 e. The van der Waals surface area contributed by atoms with Gasteiger partial charge in [0.2, 0.25) is 0 Å². The average Bonchev–Trinajstić information content (AvgIpc) is 2.84. The number of nitrogens with two attached hydrogens (primary N) is 2. The summed E-state index contributed by atoms with van der Waals surface area (Å²) in [5.74, 6) is -1.99. The molecule has 0 saturated carbocycles. The molecule has 0 spiro atoms. The van der Waals surface area contributed by atoms with E-state index in [9.17, 15) is 35.5 Å². The van der Waals surface area contributed by atoms with E-state index >= 15 is 0 Å². The van der Waals surface area contributed by atoms with Gasteiger partial charge in [0, 0.05) is 36.3 Å². The van der Waals surface area contributed by atoms with Crippen molar-refractivity contribution in [3.05, 3.63) is 77.5 Å². The number of carbonyl (C=O) groups is 1. The van der Waals surface area contributed by atoms with Crippen molar-refractivity contribution in [1.82, 2.24) is 9.97 Å². The number of aromatic nitrogens is 2. The molecule has 0 bridgehead atoms. The van der Waals surface area contributed by atoms with Crippen molar-refractivity contribution in [3.8, 4) is 5.75 Å². The topological polar surface area (TPSA) is 120 Å². The third-order valence-electron chi connectivity index (χ3n) is 4.88. The number of anilines is 2. The molecule has 0 unspecified atom stereocenters. The first kappa shape index (κ1) is 27.9. The minimum atomic E-state index is -5.39. The number of ether oxygens (including phenoxy) is 1. The fourth-order valence-electron chi connectivity index (χ4n) is 2.99. The van der Waals surface area contributed by atoms with Crippen LogP contribution in [-0.4, -0.2) is 29.3 Å². The molecule has 200 valence electrons. The Hall–Kier alpha value is -4.69. The normalized spacial score (nSPS) is 12.6. The standard InChI is InChI=1S/C23H17F7N6O2/c1-36(15-4-2-14(24)3-5-15)21(37)38-20-16(6-13(22(25,26)27)7-17(20)23(28,29)30)12(8-31)9-34-19-11-33-18(32)10-35-19/h2-11H,31H2,1H3,(H2,32,33)/b12-8+,34-9?. The minimum Gasteiger partial charge on any atom is -0.409 e. The average molecular weight is 542 g/mol. The molecule has 0 aliphatic carbocycles. The molecule has 15 heteroatoms. The highest BCUT2D eigenvalue weighted by Crippen LogP contribution is 2.44. The molecule has 0 aliphatic heterocycles. The van der Waals surface area contributed by atoms with Gasteiger partial charge in [-0.05, 0) is 36.4 Å². The van der Waals surface area contributed by atoms with E-state index in [-0.39, 0.29) is 23.4 Å². The Balaban J connectivity index is 2.16. The molecule has 38 heavy (non-hydrogen) atoms. The fourth-order valence-corrected chi connectivity index (χ4v) is 2.99. The molecule has 1 aromatic heterocycles. The minimum absolute atomic E-state index is 0.0245. The van der Waals surface area contributed by atoms with Gasteiger partial charge in [0.15, 0.2) is 11.6 Å². The summed E-state index contributed by atoms with van der Waals surface area (Å²) in [4.78, 5) is 24.8. The predicted octanol–water partition coefficient (Wildman–Crippen LogP) is 5.57. The van der Waals surface area contributed by atoms with Gasteiger partial charge >= 0.3 is 18.4 Å². The largest absolute Gasteiger partial charge is 0.420 e. The number of nitrogen functional groups attached to an aromatic ring is 1. The molecule has 2 aromatic carbocycles. The van der Waals surface area contributed by atoms with Gasteiger partial charge in [-0.15, -0.1) is 0 Å². The van der Waals surface area contributed by atoms with Gasteiger partial charge in [-0.1, -0.05) is 0 Å². The van der Waals surface area contributed by atoms with Crippen LogP contribution in [-0.2, 0) is 12.4 Å². The summed E-state index contributed by atoms with van der Waals surface area (Å²) in [7, 11) is 1.10. The Morgan fingerprint density at radius 1 is 1.03 bits per heavy atom. The Morgan fingerprint density at radius 2 is 1.68 bits per heavy atom. The Kier molecular flexibility index (Phi) is 7.88. The number of nitrogens with zero attached hydrogens (tertiary/aromatic N) is 4. The predicted molar refractivity (Wildman–Crippen MR) is 124 cm³/mol. The Morgan fingerprint density at radius 3 is 2.21 bits per heavy atom. The number of alkyl halides is 6. The van der Waals surface area contributed by atoms with Crippen LogP contribution in [0.4, 0.5) is 52.9 Å². The lowest BCUT2D eigenvalue weighted by atomic mass is 9.98. The number of rotatable bonds is 5. The summed E-state index contributed by atoms with van der Waals surface area (Å²) in [5, 5.41) is 0. The van der Waals surface area contributed by atoms with E-state index in [0.717, 1.165) is 54.8 Å². The molecule has 0 fully saturated rings. The maximum atomic E-state index is 13.9. The van der Waals surface area contributed by atoms with Crippen LogP contribution in [0.15, 0.2) is 60.0 Å². The number of hydrogen-bond acceptors (Lipinski definition) is 7. The highest BCUT2D eigenvalue weighted by molar-refractivity contribution is 6.12. The molecule has 0 radical (unpaired) electrons. The first-order valence-corrected chi connectivity index (χ1v) is 10.3. The summed E-state index contributed by atoms with van der Waals surface area (Å²) < 4.78 is 101. The molecule has 4 N–H and O–H groups in total. The summed E-state index contributed by atoms with van der Waals surface area (Å²) in [5.41, 5.74) is 6.04. The van der Waals surface area contributed by atoms with E-state index in [1.54, 1.807) is 0 Å². The zero-order chi connectivity index (χ0) is 28.3. The number of allylic oxidation sites excluding steroid dienone is 1. The van der Waals surface area contributed by atoms with Crippen molar-refractivity contribution in [3.63, 3.8) is 0 Å². The first-order chi connectivity index (χ1) is 17.7. The molecule has 0 aliphatic rings. The smallest absolute Gasteiger partial charge is 0.409 e. The zero-order valence-corrected chi connectivity index (χ0v) is 19.2. The third-order valence-corrected chi connectivity index (χ3v) is 4.88. The lowest BCUT2D eigenvalue weighted by Gasteiger charge is -2.22. The zero-order valence-electron chi connectivity index (χ0n) is 19.2. The lowest BCUT2D eigenvalue weighted by Crippen LogP contribution is -2.30. The molecular formula is C23H17F7N6O2. The summed E-state index contributed by atoms with van der Waals surface area (Å²) in [6.45, 7) is 0.